The Morgan fingerprint density at radius 2 is 2.00 bits per heavy atom. The summed E-state index contributed by atoms with van der Waals surface area (Å²) in [7, 11) is -3.40. The number of sulfonamides is 1. The standard InChI is InChI=1S/C13H17N3O3S/c1-10-8-13(16-19-10)9-20(17,18)15-7-6-11-2-4-12(14)5-3-11/h2-5,8,15H,6-7,9,14H2,1H3. The average molecular weight is 295 g/mol. The van der Waals surface area contributed by atoms with Crippen molar-refractivity contribution in [2.24, 2.45) is 0 Å². The van der Waals surface area contributed by atoms with Crippen molar-refractivity contribution >= 4 is 15.7 Å². The molecule has 1 aromatic heterocycles. The fourth-order valence-corrected chi connectivity index (χ4v) is 2.81. The Labute approximate surface area is 118 Å². The first-order valence-electron chi connectivity index (χ1n) is 6.18. The van der Waals surface area contributed by atoms with E-state index < -0.39 is 10.0 Å². The molecule has 0 aliphatic carbocycles. The van der Waals surface area contributed by atoms with E-state index in [-0.39, 0.29) is 5.75 Å². The van der Waals surface area contributed by atoms with Crippen molar-refractivity contribution in [1.29, 1.82) is 0 Å². The van der Waals surface area contributed by atoms with Crippen molar-refractivity contribution in [3.63, 3.8) is 0 Å². The number of hydrogen-bond acceptors (Lipinski definition) is 5. The van der Waals surface area contributed by atoms with Crippen molar-refractivity contribution in [2.45, 2.75) is 19.1 Å². The summed E-state index contributed by atoms with van der Waals surface area (Å²) in [5.74, 6) is 0.420. The van der Waals surface area contributed by atoms with E-state index in [0.717, 1.165) is 5.56 Å². The number of nitrogens with zero attached hydrogens (tertiary/aromatic N) is 1. The van der Waals surface area contributed by atoms with Crippen molar-refractivity contribution in [2.75, 3.05) is 12.3 Å². The van der Waals surface area contributed by atoms with E-state index in [1.807, 2.05) is 12.1 Å². The summed E-state index contributed by atoms with van der Waals surface area (Å²) in [6.07, 6.45) is 0.608. The molecule has 0 radical (unpaired) electrons. The molecule has 2 aromatic rings. The van der Waals surface area contributed by atoms with E-state index >= 15 is 0 Å². The smallest absolute Gasteiger partial charge is 0.217 e. The summed E-state index contributed by atoms with van der Waals surface area (Å²) in [5.41, 5.74) is 7.71. The summed E-state index contributed by atoms with van der Waals surface area (Å²) < 4.78 is 31.1. The van der Waals surface area contributed by atoms with Gasteiger partial charge in [-0.25, -0.2) is 13.1 Å². The molecule has 0 saturated heterocycles. The summed E-state index contributed by atoms with van der Waals surface area (Å²) in [4.78, 5) is 0. The number of rotatable bonds is 6. The van der Waals surface area contributed by atoms with E-state index in [4.69, 9.17) is 10.3 Å². The summed E-state index contributed by atoms with van der Waals surface area (Å²) >= 11 is 0. The maximum absolute atomic E-state index is 11.8. The Balaban J connectivity index is 1.84. The normalized spacial score (nSPS) is 11.7. The molecule has 1 aromatic carbocycles. The topological polar surface area (TPSA) is 98.2 Å². The molecule has 0 amide bonds. The molecule has 0 aliphatic heterocycles. The maximum atomic E-state index is 11.8. The molecule has 0 spiro atoms. The quantitative estimate of drug-likeness (QED) is 0.781. The van der Waals surface area contributed by atoms with Gasteiger partial charge in [-0.3, -0.25) is 0 Å². The van der Waals surface area contributed by atoms with E-state index in [9.17, 15) is 8.42 Å². The lowest BCUT2D eigenvalue weighted by atomic mass is 10.1. The molecule has 0 fully saturated rings. The van der Waals surface area contributed by atoms with Gasteiger partial charge in [0, 0.05) is 18.3 Å². The second-order valence-electron chi connectivity index (χ2n) is 4.57. The molecule has 7 heteroatoms. The molecule has 0 unspecified atom stereocenters. The van der Waals surface area contributed by atoms with Crippen LogP contribution in [0.1, 0.15) is 17.0 Å². The number of benzene rings is 1. The fraction of sp³-hybridized carbons (Fsp3) is 0.308. The lowest BCUT2D eigenvalue weighted by Crippen LogP contribution is -2.27. The van der Waals surface area contributed by atoms with Crippen LogP contribution in [0.3, 0.4) is 0 Å². The van der Waals surface area contributed by atoms with Crippen LogP contribution in [0.5, 0.6) is 0 Å². The van der Waals surface area contributed by atoms with Gasteiger partial charge in [0.05, 0.1) is 0 Å². The molecule has 0 saturated carbocycles. The highest BCUT2D eigenvalue weighted by molar-refractivity contribution is 7.88. The van der Waals surface area contributed by atoms with Gasteiger partial charge >= 0.3 is 0 Å². The Kier molecular flexibility index (Phi) is 4.41. The van der Waals surface area contributed by atoms with Gasteiger partial charge in [-0.2, -0.15) is 0 Å². The summed E-state index contributed by atoms with van der Waals surface area (Å²) in [5, 5.41) is 3.67. The van der Waals surface area contributed by atoms with Gasteiger partial charge < -0.3 is 10.3 Å². The van der Waals surface area contributed by atoms with E-state index in [1.54, 1.807) is 25.1 Å². The Morgan fingerprint density at radius 1 is 1.30 bits per heavy atom. The van der Waals surface area contributed by atoms with Crippen LogP contribution in [-0.2, 0) is 22.2 Å². The molecule has 2 rings (SSSR count). The Bertz CT molecular complexity index is 662. The summed E-state index contributed by atoms with van der Waals surface area (Å²) in [6.45, 7) is 2.06. The monoisotopic (exact) mass is 295 g/mol. The third-order valence-corrected chi connectivity index (χ3v) is 4.05. The van der Waals surface area contributed by atoms with Gasteiger partial charge in [0.2, 0.25) is 10.0 Å². The zero-order chi connectivity index (χ0) is 14.6. The van der Waals surface area contributed by atoms with Crippen LogP contribution in [0.2, 0.25) is 0 Å². The van der Waals surface area contributed by atoms with Gasteiger partial charge in [0.1, 0.15) is 17.2 Å². The molecule has 6 nitrogen and oxygen atoms in total. The van der Waals surface area contributed by atoms with Gasteiger partial charge in [0.25, 0.3) is 0 Å². The average Bonchev–Trinajstić information content (AvgIpc) is 2.76. The lowest BCUT2D eigenvalue weighted by molar-refractivity contribution is 0.392. The zero-order valence-electron chi connectivity index (χ0n) is 11.2. The lowest BCUT2D eigenvalue weighted by Gasteiger charge is -2.05. The van der Waals surface area contributed by atoms with E-state index in [0.29, 0.717) is 30.1 Å². The minimum atomic E-state index is -3.40. The number of nitrogen functional groups attached to an aromatic ring is 1. The summed E-state index contributed by atoms with van der Waals surface area (Å²) in [6, 6.07) is 8.96. The molecule has 20 heavy (non-hydrogen) atoms. The predicted octanol–water partition coefficient (Wildman–Crippen LogP) is 1.23. The molecular weight excluding hydrogens is 278 g/mol. The minimum Gasteiger partial charge on any atom is -0.399 e. The largest absolute Gasteiger partial charge is 0.399 e. The van der Waals surface area contributed by atoms with Crippen LogP contribution < -0.4 is 10.5 Å². The number of aryl methyl sites for hydroxylation is 1. The van der Waals surface area contributed by atoms with Gasteiger partial charge in [-0.05, 0) is 31.0 Å². The van der Waals surface area contributed by atoms with Crippen molar-refractivity contribution in [1.82, 2.24) is 9.88 Å². The Hall–Kier alpha value is -1.86. The molecule has 0 atom stereocenters. The van der Waals surface area contributed by atoms with E-state index in [2.05, 4.69) is 9.88 Å². The second kappa shape index (κ2) is 6.06. The highest BCUT2D eigenvalue weighted by Gasteiger charge is 2.13. The highest BCUT2D eigenvalue weighted by Crippen LogP contribution is 2.07. The van der Waals surface area contributed by atoms with Gasteiger partial charge in [-0.15, -0.1) is 0 Å². The van der Waals surface area contributed by atoms with Crippen LogP contribution in [0.15, 0.2) is 34.9 Å². The fourth-order valence-electron chi connectivity index (χ4n) is 1.77. The SMILES string of the molecule is Cc1cc(CS(=O)(=O)NCCc2ccc(N)cc2)no1. The highest BCUT2D eigenvalue weighted by atomic mass is 32.2. The van der Waals surface area contributed by atoms with Crippen molar-refractivity contribution < 1.29 is 12.9 Å². The van der Waals surface area contributed by atoms with Crippen LogP contribution in [0, 0.1) is 6.92 Å². The molecule has 0 aliphatic rings. The molecule has 0 bridgehead atoms. The van der Waals surface area contributed by atoms with Crippen LogP contribution >= 0.6 is 0 Å². The van der Waals surface area contributed by atoms with Gasteiger partial charge in [0.15, 0.2) is 0 Å². The van der Waals surface area contributed by atoms with Gasteiger partial charge in [-0.1, -0.05) is 17.3 Å². The zero-order valence-corrected chi connectivity index (χ0v) is 12.0. The first-order chi connectivity index (χ1) is 9.44. The molecule has 3 N–H and O–H groups in total. The predicted molar refractivity (Wildman–Crippen MR) is 76.4 cm³/mol. The molecule has 1 heterocycles. The van der Waals surface area contributed by atoms with Crippen molar-refractivity contribution in [3.8, 4) is 0 Å². The third kappa shape index (κ3) is 4.36. The van der Waals surface area contributed by atoms with Crippen LogP contribution in [0.4, 0.5) is 5.69 Å². The number of nitrogens with two attached hydrogens (primary N) is 1. The molecular formula is C13H17N3O3S. The van der Waals surface area contributed by atoms with E-state index in [1.165, 1.54) is 0 Å². The first-order valence-corrected chi connectivity index (χ1v) is 7.84. The van der Waals surface area contributed by atoms with Crippen LogP contribution in [0.25, 0.3) is 0 Å². The number of anilines is 1. The second-order valence-corrected chi connectivity index (χ2v) is 6.38. The minimum absolute atomic E-state index is 0.175. The molecule has 108 valence electrons. The Morgan fingerprint density at radius 3 is 2.60 bits per heavy atom. The number of aromatic nitrogens is 1. The first kappa shape index (κ1) is 14.5. The maximum Gasteiger partial charge on any atom is 0.217 e. The number of nitrogens with one attached hydrogen (secondary N) is 1. The van der Waals surface area contributed by atoms with Crippen LogP contribution in [-0.4, -0.2) is 20.1 Å². The number of hydrogen-bond donors (Lipinski definition) is 2. The third-order valence-electron chi connectivity index (χ3n) is 2.73. The van der Waals surface area contributed by atoms with Crippen molar-refractivity contribution in [3.05, 3.63) is 47.3 Å².